The first-order valence-electron chi connectivity index (χ1n) is 10.3. The number of hydrogen-bond acceptors (Lipinski definition) is 4. The Morgan fingerprint density at radius 2 is 1.73 bits per heavy atom. The standard InChI is InChI=1S/C22H28N4O3S/c1-23-22(26-11-10-18-6-4-5-9-21(18)26)24-16-19-7-2-3-8-20(19)17-30(27,28)25-12-14-29-15-13-25/h2-9H,10-17H2,1H3,(H,23,24). The van der Waals surface area contributed by atoms with E-state index in [9.17, 15) is 8.42 Å². The molecule has 0 bridgehead atoms. The van der Waals surface area contributed by atoms with E-state index >= 15 is 0 Å². The first-order valence-corrected chi connectivity index (χ1v) is 11.9. The SMILES string of the molecule is CN=C(NCc1ccccc1CS(=O)(=O)N1CCOCC1)N1CCc2ccccc21. The number of benzene rings is 2. The van der Waals surface area contributed by atoms with E-state index in [0.29, 0.717) is 32.8 Å². The Morgan fingerprint density at radius 1 is 1.03 bits per heavy atom. The number of sulfonamides is 1. The summed E-state index contributed by atoms with van der Waals surface area (Å²) in [6.45, 7) is 3.14. The molecule has 30 heavy (non-hydrogen) atoms. The number of morpholine rings is 1. The van der Waals surface area contributed by atoms with E-state index in [0.717, 1.165) is 30.1 Å². The third-order valence-electron chi connectivity index (χ3n) is 5.61. The summed E-state index contributed by atoms with van der Waals surface area (Å²) in [5.41, 5.74) is 4.27. The van der Waals surface area contributed by atoms with Crippen molar-refractivity contribution in [2.24, 2.45) is 4.99 Å². The number of nitrogens with zero attached hydrogens (tertiary/aromatic N) is 3. The first-order chi connectivity index (χ1) is 14.6. The topological polar surface area (TPSA) is 74.2 Å². The minimum atomic E-state index is -3.37. The van der Waals surface area contributed by atoms with Crippen LogP contribution < -0.4 is 10.2 Å². The van der Waals surface area contributed by atoms with E-state index in [1.807, 2.05) is 30.3 Å². The molecule has 1 fully saturated rings. The number of ether oxygens (including phenoxy) is 1. The molecule has 0 aromatic heterocycles. The Bertz CT molecular complexity index is 1020. The Hall–Kier alpha value is -2.42. The summed E-state index contributed by atoms with van der Waals surface area (Å²) >= 11 is 0. The Kier molecular flexibility index (Phi) is 6.36. The zero-order valence-corrected chi connectivity index (χ0v) is 18.1. The van der Waals surface area contributed by atoms with Crippen LogP contribution in [0.3, 0.4) is 0 Å². The lowest BCUT2D eigenvalue weighted by molar-refractivity contribution is 0.0729. The van der Waals surface area contributed by atoms with Crippen LogP contribution in [0.2, 0.25) is 0 Å². The highest BCUT2D eigenvalue weighted by atomic mass is 32.2. The second-order valence-electron chi connectivity index (χ2n) is 7.47. The van der Waals surface area contributed by atoms with Crippen LogP contribution in [0.4, 0.5) is 5.69 Å². The highest BCUT2D eigenvalue weighted by molar-refractivity contribution is 7.88. The average Bonchev–Trinajstić information content (AvgIpc) is 3.20. The van der Waals surface area contributed by atoms with Gasteiger partial charge in [-0.2, -0.15) is 4.31 Å². The Balaban J connectivity index is 1.47. The molecular weight excluding hydrogens is 400 g/mol. The zero-order chi connectivity index (χ0) is 21.0. The van der Waals surface area contributed by atoms with Gasteiger partial charge in [-0.05, 0) is 29.2 Å². The second-order valence-corrected chi connectivity index (χ2v) is 9.44. The molecule has 2 aliphatic rings. The molecule has 2 aliphatic heterocycles. The highest BCUT2D eigenvalue weighted by Crippen LogP contribution is 2.27. The normalized spacial score (nSPS) is 17.8. The highest BCUT2D eigenvalue weighted by Gasteiger charge is 2.26. The number of hydrogen-bond donors (Lipinski definition) is 1. The van der Waals surface area contributed by atoms with E-state index < -0.39 is 10.0 Å². The second kappa shape index (κ2) is 9.16. The largest absolute Gasteiger partial charge is 0.379 e. The smallest absolute Gasteiger partial charge is 0.218 e. The van der Waals surface area contributed by atoms with Gasteiger partial charge in [0.15, 0.2) is 5.96 Å². The van der Waals surface area contributed by atoms with Gasteiger partial charge in [0.05, 0.1) is 19.0 Å². The maximum atomic E-state index is 12.9. The molecule has 0 amide bonds. The number of guanidine groups is 1. The van der Waals surface area contributed by atoms with E-state index in [2.05, 4.69) is 33.4 Å². The van der Waals surface area contributed by atoms with Gasteiger partial charge in [-0.1, -0.05) is 42.5 Å². The minimum absolute atomic E-state index is 0.00397. The van der Waals surface area contributed by atoms with Gasteiger partial charge >= 0.3 is 0 Å². The van der Waals surface area contributed by atoms with Gasteiger partial charge in [-0.3, -0.25) is 4.99 Å². The summed E-state index contributed by atoms with van der Waals surface area (Å²) in [4.78, 5) is 6.64. The Morgan fingerprint density at radius 3 is 2.50 bits per heavy atom. The first kappa shape index (κ1) is 20.8. The van der Waals surface area contributed by atoms with Crippen LogP contribution in [0.25, 0.3) is 0 Å². The van der Waals surface area contributed by atoms with Gasteiger partial charge in [0.1, 0.15) is 0 Å². The maximum absolute atomic E-state index is 12.9. The van der Waals surface area contributed by atoms with Crippen LogP contribution in [0, 0.1) is 0 Å². The molecule has 0 saturated carbocycles. The lowest BCUT2D eigenvalue weighted by atomic mass is 10.1. The molecule has 7 nitrogen and oxygen atoms in total. The third kappa shape index (κ3) is 4.50. The summed E-state index contributed by atoms with van der Waals surface area (Å²) in [7, 11) is -1.60. The summed E-state index contributed by atoms with van der Waals surface area (Å²) in [5, 5.41) is 3.42. The number of aliphatic imine (C=N–C) groups is 1. The molecule has 2 aromatic rings. The van der Waals surface area contributed by atoms with Crippen LogP contribution >= 0.6 is 0 Å². The van der Waals surface area contributed by atoms with E-state index in [4.69, 9.17) is 4.74 Å². The fraction of sp³-hybridized carbons (Fsp3) is 0.409. The summed E-state index contributed by atoms with van der Waals surface area (Å²) in [6.07, 6.45) is 0.991. The lowest BCUT2D eigenvalue weighted by Crippen LogP contribution is -2.41. The molecule has 2 aromatic carbocycles. The molecule has 2 heterocycles. The number of fused-ring (bicyclic) bond motifs is 1. The fourth-order valence-corrected chi connectivity index (χ4v) is 5.57. The molecule has 1 saturated heterocycles. The van der Waals surface area contributed by atoms with Crippen LogP contribution in [0.15, 0.2) is 53.5 Å². The van der Waals surface area contributed by atoms with Crippen molar-refractivity contribution < 1.29 is 13.2 Å². The van der Waals surface area contributed by atoms with E-state index in [-0.39, 0.29) is 5.75 Å². The van der Waals surface area contributed by atoms with Crippen LogP contribution in [0.5, 0.6) is 0 Å². The van der Waals surface area contributed by atoms with Crippen molar-refractivity contribution in [2.75, 3.05) is 44.8 Å². The predicted octanol–water partition coefficient (Wildman–Crippen LogP) is 1.99. The van der Waals surface area contributed by atoms with Crippen LogP contribution in [0.1, 0.15) is 16.7 Å². The molecule has 0 aliphatic carbocycles. The maximum Gasteiger partial charge on any atom is 0.218 e. The molecule has 4 rings (SSSR count). The molecule has 0 unspecified atom stereocenters. The van der Waals surface area contributed by atoms with Crippen molar-refractivity contribution >= 4 is 21.7 Å². The summed E-state index contributed by atoms with van der Waals surface area (Å²) in [5.74, 6) is 0.793. The van der Waals surface area contributed by atoms with Crippen LogP contribution in [-0.2, 0) is 33.5 Å². The monoisotopic (exact) mass is 428 g/mol. The van der Waals surface area contributed by atoms with Crippen LogP contribution in [-0.4, -0.2) is 58.6 Å². The van der Waals surface area contributed by atoms with Crippen molar-refractivity contribution in [3.8, 4) is 0 Å². The zero-order valence-electron chi connectivity index (χ0n) is 17.3. The van der Waals surface area contributed by atoms with Crippen molar-refractivity contribution in [1.82, 2.24) is 9.62 Å². The van der Waals surface area contributed by atoms with Gasteiger partial charge in [-0.25, -0.2) is 8.42 Å². The van der Waals surface area contributed by atoms with Crippen molar-refractivity contribution in [2.45, 2.75) is 18.7 Å². The number of para-hydroxylation sites is 1. The summed E-state index contributed by atoms with van der Waals surface area (Å²) < 4.78 is 32.5. The van der Waals surface area contributed by atoms with E-state index in [1.54, 1.807) is 7.05 Å². The van der Waals surface area contributed by atoms with Crippen molar-refractivity contribution in [3.05, 3.63) is 65.2 Å². The summed E-state index contributed by atoms with van der Waals surface area (Å²) in [6, 6.07) is 16.0. The molecule has 0 radical (unpaired) electrons. The number of nitrogens with one attached hydrogen (secondary N) is 1. The Labute approximate surface area is 178 Å². The van der Waals surface area contributed by atoms with Gasteiger partial charge in [0, 0.05) is 38.9 Å². The minimum Gasteiger partial charge on any atom is -0.379 e. The molecule has 0 atom stereocenters. The van der Waals surface area contributed by atoms with Gasteiger partial charge < -0.3 is 15.0 Å². The lowest BCUT2D eigenvalue weighted by Gasteiger charge is -2.26. The van der Waals surface area contributed by atoms with Gasteiger partial charge in [0.25, 0.3) is 0 Å². The van der Waals surface area contributed by atoms with Crippen molar-refractivity contribution in [1.29, 1.82) is 0 Å². The quantitative estimate of drug-likeness (QED) is 0.582. The number of anilines is 1. The average molecular weight is 429 g/mol. The predicted molar refractivity (Wildman–Crippen MR) is 119 cm³/mol. The molecule has 160 valence electrons. The number of rotatable bonds is 5. The molecule has 8 heteroatoms. The van der Waals surface area contributed by atoms with Crippen molar-refractivity contribution in [3.63, 3.8) is 0 Å². The molecule has 0 spiro atoms. The van der Waals surface area contributed by atoms with Gasteiger partial charge in [0.2, 0.25) is 10.0 Å². The fourth-order valence-electron chi connectivity index (χ4n) is 4.01. The molecular formula is C22H28N4O3S. The van der Waals surface area contributed by atoms with Gasteiger partial charge in [-0.15, -0.1) is 0 Å². The molecule has 1 N–H and O–H groups in total. The van der Waals surface area contributed by atoms with E-state index in [1.165, 1.54) is 15.6 Å². The third-order valence-corrected chi connectivity index (χ3v) is 7.44.